The molecule has 2 unspecified atom stereocenters. The summed E-state index contributed by atoms with van der Waals surface area (Å²) in [7, 11) is 0. The minimum Gasteiger partial charge on any atom is -0.389 e. The Balaban J connectivity index is 1.93. The molecule has 1 aliphatic heterocycles. The van der Waals surface area contributed by atoms with Crippen LogP contribution in [0.15, 0.2) is 11.4 Å². The van der Waals surface area contributed by atoms with Gasteiger partial charge in [-0.1, -0.05) is 6.92 Å². The molecule has 0 spiro atoms. The number of aliphatic hydroxyl groups excluding tert-OH is 1. The molecule has 0 radical (unpaired) electrons. The van der Waals surface area contributed by atoms with Gasteiger partial charge < -0.3 is 9.84 Å². The van der Waals surface area contributed by atoms with Crippen LogP contribution in [0.2, 0.25) is 0 Å². The molecule has 20 heavy (non-hydrogen) atoms. The van der Waals surface area contributed by atoms with Crippen LogP contribution in [-0.4, -0.2) is 41.4 Å². The highest BCUT2D eigenvalue weighted by Crippen LogP contribution is 2.35. The standard InChI is InChI=1S/C16H27NO2S/c1-5-14-13-7-9-20-15(13)6-8-17(14)10-12(18)11-19-16(2,3)4/h7,9,12,14,18H,5-6,8,10-11H2,1-4H3. The van der Waals surface area contributed by atoms with E-state index in [0.717, 1.165) is 19.4 Å². The molecule has 4 heteroatoms. The minimum absolute atomic E-state index is 0.187. The third-order valence-corrected chi connectivity index (χ3v) is 4.74. The zero-order valence-corrected chi connectivity index (χ0v) is 13.9. The number of rotatable bonds is 5. The van der Waals surface area contributed by atoms with Gasteiger partial charge in [0.15, 0.2) is 0 Å². The van der Waals surface area contributed by atoms with E-state index in [0.29, 0.717) is 19.2 Å². The van der Waals surface area contributed by atoms with E-state index in [-0.39, 0.29) is 5.60 Å². The summed E-state index contributed by atoms with van der Waals surface area (Å²) in [5, 5.41) is 12.4. The van der Waals surface area contributed by atoms with Crippen molar-refractivity contribution >= 4 is 11.3 Å². The lowest BCUT2D eigenvalue weighted by atomic mass is 9.97. The van der Waals surface area contributed by atoms with Crippen LogP contribution in [0, 0.1) is 0 Å². The quantitative estimate of drug-likeness (QED) is 0.905. The Morgan fingerprint density at radius 2 is 2.25 bits per heavy atom. The van der Waals surface area contributed by atoms with Gasteiger partial charge in [0.1, 0.15) is 0 Å². The number of hydrogen-bond acceptors (Lipinski definition) is 4. The van der Waals surface area contributed by atoms with Crippen molar-refractivity contribution in [1.82, 2.24) is 4.90 Å². The van der Waals surface area contributed by atoms with E-state index < -0.39 is 6.10 Å². The first-order valence-corrected chi connectivity index (χ1v) is 8.41. The van der Waals surface area contributed by atoms with E-state index in [1.54, 1.807) is 0 Å². The van der Waals surface area contributed by atoms with Gasteiger partial charge in [0.2, 0.25) is 0 Å². The molecule has 0 bridgehead atoms. The molecular weight excluding hydrogens is 270 g/mol. The molecule has 0 amide bonds. The van der Waals surface area contributed by atoms with Gasteiger partial charge >= 0.3 is 0 Å². The van der Waals surface area contributed by atoms with Crippen LogP contribution >= 0.6 is 11.3 Å². The Morgan fingerprint density at radius 3 is 2.90 bits per heavy atom. The van der Waals surface area contributed by atoms with E-state index in [4.69, 9.17) is 4.74 Å². The fourth-order valence-corrected chi connectivity index (χ4v) is 3.74. The van der Waals surface area contributed by atoms with Crippen molar-refractivity contribution in [3.63, 3.8) is 0 Å². The van der Waals surface area contributed by atoms with Crippen LogP contribution in [0.4, 0.5) is 0 Å². The van der Waals surface area contributed by atoms with Crippen LogP contribution in [-0.2, 0) is 11.2 Å². The first-order valence-electron chi connectivity index (χ1n) is 7.53. The largest absolute Gasteiger partial charge is 0.389 e. The minimum atomic E-state index is -0.413. The lowest BCUT2D eigenvalue weighted by Gasteiger charge is -2.37. The van der Waals surface area contributed by atoms with Gasteiger partial charge in [-0.3, -0.25) is 4.90 Å². The maximum absolute atomic E-state index is 10.2. The summed E-state index contributed by atoms with van der Waals surface area (Å²) >= 11 is 1.87. The molecule has 1 aromatic heterocycles. The first-order chi connectivity index (χ1) is 9.40. The van der Waals surface area contributed by atoms with Gasteiger partial charge in [-0.25, -0.2) is 0 Å². The second-order valence-corrected chi connectivity index (χ2v) is 7.55. The van der Waals surface area contributed by atoms with Gasteiger partial charge in [-0.05, 0) is 50.6 Å². The summed E-state index contributed by atoms with van der Waals surface area (Å²) < 4.78 is 5.68. The summed E-state index contributed by atoms with van der Waals surface area (Å²) in [5.74, 6) is 0. The summed E-state index contributed by atoms with van der Waals surface area (Å²) in [5.41, 5.74) is 1.28. The van der Waals surface area contributed by atoms with Crippen LogP contribution in [0.3, 0.4) is 0 Å². The zero-order chi connectivity index (χ0) is 14.8. The molecule has 0 aliphatic carbocycles. The van der Waals surface area contributed by atoms with Crippen LogP contribution in [0.25, 0.3) is 0 Å². The van der Waals surface area contributed by atoms with Crippen molar-refractivity contribution < 1.29 is 9.84 Å². The fourth-order valence-electron chi connectivity index (χ4n) is 2.81. The number of hydrogen-bond donors (Lipinski definition) is 1. The van der Waals surface area contributed by atoms with Crippen molar-refractivity contribution in [3.8, 4) is 0 Å². The number of thiophene rings is 1. The topological polar surface area (TPSA) is 32.7 Å². The average Bonchev–Trinajstić information content (AvgIpc) is 2.83. The van der Waals surface area contributed by atoms with E-state index in [1.807, 2.05) is 32.1 Å². The monoisotopic (exact) mass is 297 g/mol. The van der Waals surface area contributed by atoms with Crippen molar-refractivity contribution in [2.45, 2.75) is 58.3 Å². The van der Waals surface area contributed by atoms with E-state index in [1.165, 1.54) is 10.4 Å². The maximum atomic E-state index is 10.2. The molecule has 0 aromatic carbocycles. The van der Waals surface area contributed by atoms with Gasteiger partial charge in [0, 0.05) is 24.0 Å². The first kappa shape index (κ1) is 16.0. The molecule has 1 aliphatic rings. The molecule has 3 nitrogen and oxygen atoms in total. The average molecular weight is 297 g/mol. The van der Waals surface area contributed by atoms with Crippen molar-refractivity contribution in [3.05, 3.63) is 21.9 Å². The van der Waals surface area contributed by atoms with Crippen LogP contribution in [0.5, 0.6) is 0 Å². The number of nitrogens with zero attached hydrogens (tertiary/aromatic N) is 1. The molecule has 0 saturated carbocycles. The molecule has 0 fully saturated rings. The van der Waals surface area contributed by atoms with Crippen molar-refractivity contribution in [2.24, 2.45) is 0 Å². The maximum Gasteiger partial charge on any atom is 0.0900 e. The van der Waals surface area contributed by atoms with E-state index >= 15 is 0 Å². The van der Waals surface area contributed by atoms with Crippen molar-refractivity contribution in [1.29, 1.82) is 0 Å². The third-order valence-electron chi connectivity index (χ3n) is 3.75. The number of aliphatic hydroxyl groups is 1. The Bertz CT molecular complexity index is 424. The van der Waals surface area contributed by atoms with E-state index in [9.17, 15) is 5.11 Å². The summed E-state index contributed by atoms with van der Waals surface area (Å²) in [6, 6.07) is 2.70. The number of ether oxygens (including phenoxy) is 1. The Labute approximate surface area is 126 Å². The van der Waals surface area contributed by atoms with Crippen LogP contribution in [0.1, 0.15) is 50.6 Å². The summed E-state index contributed by atoms with van der Waals surface area (Å²) in [6.45, 7) is 10.4. The molecule has 1 aromatic rings. The van der Waals surface area contributed by atoms with Gasteiger partial charge in [-0.2, -0.15) is 0 Å². The molecule has 2 rings (SSSR count). The summed E-state index contributed by atoms with van der Waals surface area (Å²) in [4.78, 5) is 3.93. The smallest absolute Gasteiger partial charge is 0.0900 e. The molecule has 0 saturated heterocycles. The van der Waals surface area contributed by atoms with Gasteiger partial charge in [-0.15, -0.1) is 11.3 Å². The highest BCUT2D eigenvalue weighted by atomic mass is 32.1. The lowest BCUT2D eigenvalue weighted by molar-refractivity contribution is -0.0596. The molecule has 2 atom stereocenters. The predicted octanol–water partition coefficient (Wildman–Crippen LogP) is 3.23. The zero-order valence-electron chi connectivity index (χ0n) is 13.1. The Hall–Kier alpha value is -0.420. The fraction of sp³-hybridized carbons (Fsp3) is 0.750. The number of β-amino-alcohol motifs (C(OH)–C–C–N with tert-alkyl or cyclic N) is 1. The SMILES string of the molecule is CCC1c2ccsc2CCN1CC(O)COC(C)(C)C. The second kappa shape index (κ2) is 6.56. The van der Waals surface area contributed by atoms with Gasteiger partial charge in [0.25, 0.3) is 0 Å². The summed E-state index contributed by atoms with van der Waals surface area (Å²) in [6.07, 6.45) is 1.79. The molecule has 2 heterocycles. The normalized spacial score (nSPS) is 21.8. The Kier molecular flexibility index (Phi) is 5.24. The van der Waals surface area contributed by atoms with E-state index in [2.05, 4.69) is 23.3 Å². The Morgan fingerprint density at radius 1 is 1.50 bits per heavy atom. The molecule has 1 N–H and O–H groups in total. The lowest BCUT2D eigenvalue weighted by Crippen LogP contribution is -2.41. The van der Waals surface area contributed by atoms with Crippen LogP contribution < -0.4 is 0 Å². The highest BCUT2D eigenvalue weighted by Gasteiger charge is 2.28. The predicted molar refractivity (Wildman–Crippen MR) is 84.3 cm³/mol. The molecule has 114 valence electrons. The van der Waals surface area contributed by atoms with Crippen molar-refractivity contribution in [2.75, 3.05) is 19.7 Å². The third kappa shape index (κ3) is 4.04. The number of fused-ring (bicyclic) bond motifs is 1. The molecular formula is C16H27NO2S. The highest BCUT2D eigenvalue weighted by molar-refractivity contribution is 7.10. The van der Waals surface area contributed by atoms with Gasteiger partial charge in [0.05, 0.1) is 18.3 Å². The second-order valence-electron chi connectivity index (χ2n) is 6.55.